The summed E-state index contributed by atoms with van der Waals surface area (Å²) < 4.78 is 5.43. The third kappa shape index (κ3) is 4.48. The normalized spacial score (nSPS) is 20.9. The molecule has 0 bridgehead atoms. The summed E-state index contributed by atoms with van der Waals surface area (Å²) in [6.07, 6.45) is 4.91. The molecule has 0 unspecified atom stereocenters. The maximum atomic E-state index is 12.7. The summed E-state index contributed by atoms with van der Waals surface area (Å²) in [5.41, 5.74) is 3.17. The van der Waals surface area contributed by atoms with Crippen LogP contribution < -0.4 is 0 Å². The highest BCUT2D eigenvalue weighted by atomic mass is 16.5. The Morgan fingerprint density at radius 1 is 1.13 bits per heavy atom. The number of benzene rings is 1. The molecule has 1 atom stereocenters. The van der Waals surface area contributed by atoms with Gasteiger partial charge in [-0.1, -0.05) is 17.3 Å². The summed E-state index contributed by atoms with van der Waals surface area (Å²) in [4.78, 5) is 21.3. The Morgan fingerprint density at radius 2 is 2.00 bits per heavy atom. The van der Waals surface area contributed by atoms with Crippen LogP contribution in [0.1, 0.15) is 53.4 Å². The van der Waals surface area contributed by atoms with Gasteiger partial charge in [-0.2, -0.15) is 0 Å². The molecule has 2 fully saturated rings. The molecule has 2 aromatic heterocycles. The summed E-state index contributed by atoms with van der Waals surface area (Å²) in [7, 11) is 0. The van der Waals surface area contributed by atoms with Gasteiger partial charge in [0.1, 0.15) is 0 Å². The molecule has 2 saturated heterocycles. The van der Waals surface area contributed by atoms with Crippen molar-refractivity contribution < 1.29 is 14.4 Å². The Bertz CT molecular complexity index is 1060. The number of aromatic nitrogens is 2. The number of rotatable bonds is 4. The predicted octanol–water partition coefficient (Wildman–Crippen LogP) is 3.20. The monoisotopic (exact) mass is 420 g/mol. The van der Waals surface area contributed by atoms with Crippen LogP contribution in [-0.4, -0.2) is 63.2 Å². The van der Waals surface area contributed by atoms with Crippen LogP contribution in [0.3, 0.4) is 0 Å². The minimum absolute atomic E-state index is 0.122. The lowest BCUT2D eigenvalue weighted by atomic mass is 9.94. The lowest BCUT2D eigenvalue weighted by Gasteiger charge is -2.31. The summed E-state index contributed by atoms with van der Waals surface area (Å²) in [5, 5.41) is 15.1. The van der Waals surface area contributed by atoms with E-state index in [9.17, 15) is 9.90 Å². The Balaban J connectivity index is 1.23. The van der Waals surface area contributed by atoms with E-state index in [2.05, 4.69) is 39.3 Å². The van der Waals surface area contributed by atoms with Crippen molar-refractivity contribution >= 4 is 16.8 Å². The zero-order valence-corrected chi connectivity index (χ0v) is 17.6. The Kier molecular flexibility index (Phi) is 5.70. The molecule has 1 amide bonds. The van der Waals surface area contributed by atoms with E-state index < -0.39 is 0 Å². The molecule has 2 aliphatic heterocycles. The van der Waals surface area contributed by atoms with E-state index in [1.807, 2.05) is 18.3 Å². The number of hydrogen-bond donors (Lipinski definition) is 1. The van der Waals surface area contributed by atoms with Crippen molar-refractivity contribution in [3.05, 3.63) is 59.6 Å². The zero-order chi connectivity index (χ0) is 21.2. The average Bonchev–Trinajstić information content (AvgIpc) is 3.30. The number of fused-ring (bicyclic) bond motifs is 1. The smallest absolute Gasteiger partial charge is 0.292 e. The molecule has 7 heteroatoms. The first-order valence-corrected chi connectivity index (χ1v) is 11.2. The maximum absolute atomic E-state index is 12.7. The number of aliphatic hydroxyl groups excluding tert-OH is 1. The van der Waals surface area contributed by atoms with E-state index in [1.54, 1.807) is 4.90 Å². The number of piperidine rings is 2. The molecular formula is C24H28N4O3. The lowest BCUT2D eigenvalue weighted by Crippen LogP contribution is -2.39. The first-order valence-electron chi connectivity index (χ1n) is 11.2. The number of carbonyl (C=O) groups is 1. The van der Waals surface area contributed by atoms with Gasteiger partial charge in [-0.15, -0.1) is 0 Å². The van der Waals surface area contributed by atoms with Crippen molar-refractivity contribution in [1.82, 2.24) is 19.9 Å². The van der Waals surface area contributed by atoms with Crippen LogP contribution in [0.25, 0.3) is 10.9 Å². The van der Waals surface area contributed by atoms with E-state index in [1.165, 1.54) is 10.9 Å². The van der Waals surface area contributed by atoms with Gasteiger partial charge in [0.25, 0.3) is 5.91 Å². The van der Waals surface area contributed by atoms with E-state index in [0.717, 1.165) is 43.7 Å². The fourth-order valence-electron chi connectivity index (χ4n) is 4.73. The van der Waals surface area contributed by atoms with Gasteiger partial charge < -0.3 is 14.5 Å². The van der Waals surface area contributed by atoms with Gasteiger partial charge in [0, 0.05) is 49.7 Å². The van der Waals surface area contributed by atoms with Crippen LogP contribution in [0.2, 0.25) is 0 Å². The summed E-state index contributed by atoms with van der Waals surface area (Å²) >= 11 is 0. The van der Waals surface area contributed by atoms with Crippen molar-refractivity contribution in [2.75, 3.05) is 26.2 Å². The standard InChI is InChI=1S/C24H28N4O3/c29-20-7-11-28(12-8-20)24(30)23-14-22(26-31-23)19-4-2-10-27(16-19)15-17-5-6-21-18(13-17)3-1-9-25-21/h1,3,5-6,9,13-14,19-20,29H,2,4,7-8,10-12,15-16H2/t19-/m0/s1. The number of pyridine rings is 1. The number of hydrogen-bond acceptors (Lipinski definition) is 6. The molecule has 0 aliphatic carbocycles. The molecule has 1 aromatic carbocycles. The van der Waals surface area contributed by atoms with Gasteiger partial charge in [-0.25, -0.2) is 0 Å². The SMILES string of the molecule is O=C(c1cc([C@H]2CCCN(Cc3ccc4ncccc4c3)C2)no1)N1CCC(O)CC1. The van der Waals surface area contributed by atoms with Crippen LogP contribution in [0.5, 0.6) is 0 Å². The number of aliphatic hydroxyl groups is 1. The molecule has 0 saturated carbocycles. The number of nitrogens with zero attached hydrogens (tertiary/aromatic N) is 4. The number of likely N-dealkylation sites (tertiary alicyclic amines) is 2. The lowest BCUT2D eigenvalue weighted by molar-refractivity contribution is 0.0512. The Hall–Kier alpha value is -2.77. The minimum atomic E-state index is -0.304. The fourth-order valence-corrected chi connectivity index (χ4v) is 4.73. The molecule has 5 rings (SSSR count). The number of amides is 1. The molecule has 1 N–H and O–H groups in total. The third-order valence-electron chi connectivity index (χ3n) is 6.49. The predicted molar refractivity (Wildman–Crippen MR) is 117 cm³/mol. The highest BCUT2D eigenvalue weighted by Gasteiger charge is 2.28. The molecule has 3 aromatic rings. The highest BCUT2D eigenvalue weighted by Crippen LogP contribution is 2.28. The second kappa shape index (κ2) is 8.77. The Labute approximate surface area is 181 Å². The van der Waals surface area contributed by atoms with E-state index in [4.69, 9.17) is 4.52 Å². The molecule has 7 nitrogen and oxygen atoms in total. The van der Waals surface area contributed by atoms with Gasteiger partial charge in [-0.3, -0.25) is 14.7 Å². The summed E-state index contributed by atoms with van der Waals surface area (Å²) in [6.45, 7) is 3.98. The maximum Gasteiger partial charge on any atom is 0.292 e. The highest BCUT2D eigenvalue weighted by molar-refractivity contribution is 5.91. The van der Waals surface area contributed by atoms with Crippen LogP contribution >= 0.6 is 0 Å². The zero-order valence-electron chi connectivity index (χ0n) is 17.6. The second-order valence-corrected chi connectivity index (χ2v) is 8.74. The van der Waals surface area contributed by atoms with E-state index >= 15 is 0 Å². The van der Waals surface area contributed by atoms with Crippen LogP contribution in [-0.2, 0) is 6.54 Å². The largest absolute Gasteiger partial charge is 0.393 e. The number of carbonyl (C=O) groups excluding carboxylic acids is 1. The average molecular weight is 421 g/mol. The van der Waals surface area contributed by atoms with Gasteiger partial charge in [0.15, 0.2) is 0 Å². The molecule has 0 radical (unpaired) electrons. The fraction of sp³-hybridized carbons (Fsp3) is 0.458. The second-order valence-electron chi connectivity index (χ2n) is 8.74. The summed E-state index contributed by atoms with van der Waals surface area (Å²) in [5.74, 6) is 0.456. The van der Waals surface area contributed by atoms with Gasteiger partial charge in [-0.05, 0) is 56.0 Å². The molecule has 2 aliphatic rings. The van der Waals surface area contributed by atoms with Crippen LogP contribution in [0.15, 0.2) is 47.1 Å². The van der Waals surface area contributed by atoms with E-state index in [0.29, 0.717) is 31.7 Å². The minimum Gasteiger partial charge on any atom is -0.393 e. The van der Waals surface area contributed by atoms with Crippen molar-refractivity contribution in [3.8, 4) is 0 Å². The Morgan fingerprint density at radius 3 is 2.87 bits per heavy atom. The topological polar surface area (TPSA) is 82.7 Å². The van der Waals surface area contributed by atoms with Crippen LogP contribution in [0, 0.1) is 0 Å². The molecule has 4 heterocycles. The first-order chi connectivity index (χ1) is 15.2. The third-order valence-corrected chi connectivity index (χ3v) is 6.49. The van der Waals surface area contributed by atoms with Crippen LogP contribution in [0.4, 0.5) is 0 Å². The van der Waals surface area contributed by atoms with Gasteiger partial charge in [0.2, 0.25) is 5.76 Å². The van der Waals surface area contributed by atoms with Crippen molar-refractivity contribution in [3.63, 3.8) is 0 Å². The van der Waals surface area contributed by atoms with Gasteiger partial charge in [0.05, 0.1) is 17.3 Å². The molecular weight excluding hydrogens is 392 g/mol. The molecule has 0 spiro atoms. The molecule has 162 valence electrons. The quantitative estimate of drug-likeness (QED) is 0.698. The first kappa shape index (κ1) is 20.2. The molecule has 31 heavy (non-hydrogen) atoms. The van der Waals surface area contributed by atoms with Gasteiger partial charge >= 0.3 is 0 Å². The van der Waals surface area contributed by atoms with Crippen molar-refractivity contribution in [2.45, 2.75) is 44.2 Å². The van der Waals surface area contributed by atoms with E-state index in [-0.39, 0.29) is 17.9 Å². The van der Waals surface area contributed by atoms with Crippen molar-refractivity contribution in [1.29, 1.82) is 0 Å². The van der Waals surface area contributed by atoms with Crippen molar-refractivity contribution in [2.24, 2.45) is 0 Å². The summed E-state index contributed by atoms with van der Waals surface area (Å²) in [6, 6.07) is 12.3.